The maximum Gasteiger partial charge on any atom is 0.191 e. The maximum atomic E-state index is 5.48. The Morgan fingerprint density at radius 3 is 2.25 bits per heavy atom. The van der Waals surface area contributed by atoms with Crippen LogP contribution in [0.3, 0.4) is 0 Å². The highest BCUT2D eigenvalue weighted by Crippen LogP contribution is 2.16. The quantitative estimate of drug-likeness (QED) is 0.327. The van der Waals surface area contributed by atoms with Gasteiger partial charge in [0, 0.05) is 57.9 Å². The van der Waals surface area contributed by atoms with Gasteiger partial charge in [-0.15, -0.1) is 0 Å². The van der Waals surface area contributed by atoms with Crippen molar-refractivity contribution in [2.45, 2.75) is 46.1 Å². The minimum atomic E-state index is 0.0623. The van der Waals surface area contributed by atoms with Gasteiger partial charge in [0.1, 0.15) is 0 Å². The fourth-order valence-electron chi connectivity index (χ4n) is 3.88. The molecule has 0 amide bonds. The largest absolute Gasteiger partial charge is 0.379 e. The molecule has 28 heavy (non-hydrogen) atoms. The molecule has 2 fully saturated rings. The van der Waals surface area contributed by atoms with E-state index < -0.39 is 0 Å². The average Bonchev–Trinajstić information content (AvgIpc) is 2.73. The van der Waals surface area contributed by atoms with E-state index in [0.29, 0.717) is 0 Å². The SMILES string of the molecule is CCNC(=NCC(C)(C)N1CCOCC1)NCCCCN1CCN(CC)CC1. The van der Waals surface area contributed by atoms with Crippen molar-refractivity contribution < 1.29 is 4.74 Å². The lowest BCUT2D eigenvalue weighted by Crippen LogP contribution is -2.52. The Kier molecular flexibility index (Phi) is 10.5. The molecule has 0 aliphatic carbocycles. The van der Waals surface area contributed by atoms with Crippen molar-refractivity contribution in [3.05, 3.63) is 0 Å². The predicted molar refractivity (Wildman–Crippen MR) is 118 cm³/mol. The lowest BCUT2D eigenvalue weighted by Gasteiger charge is -2.39. The van der Waals surface area contributed by atoms with E-state index >= 15 is 0 Å². The first-order chi connectivity index (χ1) is 13.5. The molecule has 0 unspecified atom stereocenters. The molecule has 7 heteroatoms. The van der Waals surface area contributed by atoms with Gasteiger partial charge >= 0.3 is 0 Å². The van der Waals surface area contributed by atoms with Gasteiger partial charge < -0.3 is 25.2 Å². The normalized spacial score (nSPS) is 21.1. The summed E-state index contributed by atoms with van der Waals surface area (Å²) in [4.78, 5) is 12.5. The van der Waals surface area contributed by atoms with Gasteiger partial charge in [-0.3, -0.25) is 9.89 Å². The van der Waals surface area contributed by atoms with Crippen LogP contribution >= 0.6 is 0 Å². The van der Waals surface area contributed by atoms with E-state index in [1.54, 1.807) is 0 Å². The van der Waals surface area contributed by atoms with Crippen LogP contribution in [0.25, 0.3) is 0 Å². The topological polar surface area (TPSA) is 55.4 Å². The zero-order chi connectivity index (χ0) is 20.2. The Morgan fingerprint density at radius 2 is 1.61 bits per heavy atom. The second kappa shape index (κ2) is 12.6. The lowest BCUT2D eigenvalue weighted by molar-refractivity contribution is -0.00683. The zero-order valence-corrected chi connectivity index (χ0v) is 18.8. The molecule has 0 atom stereocenters. The van der Waals surface area contributed by atoms with E-state index in [2.05, 4.69) is 53.0 Å². The summed E-state index contributed by atoms with van der Waals surface area (Å²) in [5, 5.41) is 6.91. The van der Waals surface area contributed by atoms with Crippen molar-refractivity contribution >= 4 is 5.96 Å². The van der Waals surface area contributed by atoms with Crippen LogP contribution in [-0.4, -0.2) is 111 Å². The van der Waals surface area contributed by atoms with Gasteiger partial charge in [0.05, 0.1) is 19.8 Å². The Balaban J connectivity index is 1.65. The van der Waals surface area contributed by atoms with Crippen molar-refractivity contribution in [2.75, 3.05) is 85.2 Å². The number of nitrogens with zero attached hydrogens (tertiary/aromatic N) is 4. The molecule has 0 aromatic carbocycles. The molecular formula is C21H44N6O. The lowest BCUT2D eigenvalue weighted by atomic mass is 10.0. The molecule has 0 radical (unpaired) electrons. The monoisotopic (exact) mass is 396 g/mol. The number of rotatable bonds is 10. The smallest absolute Gasteiger partial charge is 0.191 e. The van der Waals surface area contributed by atoms with Gasteiger partial charge in [0.25, 0.3) is 0 Å². The second-order valence-corrected chi connectivity index (χ2v) is 8.52. The van der Waals surface area contributed by atoms with Crippen LogP contribution in [0.5, 0.6) is 0 Å². The van der Waals surface area contributed by atoms with Crippen molar-refractivity contribution in [3.8, 4) is 0 Å². The summed E-state index contributed by atoms with van der Waals surface area (Å²) in [6.45, 7) is 22.6. The van der Waals surface area contributed by atoms with Gasteiger partial charge in [-0.2, -0.15) is 0 Å². The summed E-state index contributed by atoms with van der Waals surface area (Å²) >= 11 is 0. The first-order valence-electron chi connectivity index (χ1n) is 11.3. The minimum absolute atomic E-state index is 0.0623. The highest BCUT2D eigenvalue weighted by atomic mass is 16.5. The van der Waals surface area contributed by atoms with E-state index in [4.69, 9.17) is 9.73 Å². The van der Waals surface area contributed by atoms with Crippen LogP contribution in [0.4, 0.5) is 0 Å². The number of aliphatic imine (C=N–C) groups is 1. The molecule has 0 bridgehead atoms. The van der Waals surface area contributed by atoms with Crippen LogP contribution in [-0.2, 0) is 4.74 Å². The summed E-state index contributed by atoms with van der Waals surface area (Å²) in [7, 11) is 0. The second-order valence-electron chi connectivity index (χ2n) is 8.52. The highest BCUT2D eigenvalue weighted by molar-refractivity contribution is 5.79. The number of hydrogen-bond donors (Lipinski definition) is 2. The van der Waals surface area contributed by atoms with Gasteiger partial charge in [-0.05, 0) is 46.7 Å². The molecule has 2 heterocycles. The third-order valence-corrected chi connectivity index (χ3v) is 5.94. The fraction of sp³-hybridized carbons (Fsp3) is 0.952. The number of hydrogen-bond acceptors (Lipinski definition) is 5. The van der Waals surface area contributed by atoms with Gasteiger partial charge in [0.15, 0.2) is 5.96 Å². The first kappa shape index (κ1) is 23.4. The summed E-state index contributed by atoms with van der Waals surface area (Å²) in [6, 6.07) is 0. The summed E-state index contributed by atoms with van der Waals surface area (Å²) in [6.07, 6.45) is 2.43. The number of piperazine rings is 1. The minimum Gasteiger partial charge on any atom is -0.379 e. The van der Waals surface area contributed by atoms with E-state index in [1.807, 2.05) is 0 Å². The van der Waals surface area contributed by atoms with Crippen molar-refractivity contribution in [3.63, 3.8) is 0 Å². The summed E-state index contributed by atoms with van der Waals surface area (Å²) < 4.78 is 5.48. The molecule has 0 aromatic rings. The fourth-order valence-corrected chi connectivity index (χ4v) is 3.88. The Bertz CT molecular complexity index is 442. The summed E-state index contributed by atoms with van der Waals surface area (Å²) in [5.41, 5.74) is 0.0623. The summed E-state index contributed by atoms with van der Waals surface area (Å²) in [5.74, 6) is 0.945. The van der Waals surface area contributed by atoms with Gasteiger partial charge in [-0.25, -0.2) is 0 Å². The highest BCUT2D eigenvalue weighted by Gasteiger charge is 2.28. The van der Waals surface area contributed by atoms with Crippen molar-refractivity contribution in [1.82, 2.24) is 25.3 Å². The van der Waals surface area contributed by atoms with Crippen molar-refractivity contribution in [2.24, 2.45) is 4.99 Å². The molecule has 0 spiro atoms. The number of ether oxygens (including phenoxy) is 1. The molecule has 164 valence electrons. The maximum absolute atomic E-state index is 5.48. The third kappa shape index (κ3) is 8.23. The first-order valence-corrected chi connectivity index (χ1v) is 11.3. The van der Waals surface area contributed by atoms with Crippen molar-refractivity contribution in [1.29, 1.82) is 0 Å². The van der Waals surface area contributed by atoms with Crippen LogP contribution in [0.15, 0.2) is 4.99 Å². The molecule has 7 nitrogen and oxygen atoms in total. The van der Waals surface area contributed by atoms with E-state index in [-0.39, 0.29) is 5.54 Å². The average molecular weight is 397 g/mol. The molecule has 2 aliphatic heterocycles. The predicted octanol–water partition coefficient (Wildman–Crippen LogP) is 1.07. The Hall–Kier alpha value is -0.890. The Morgan fingerprint density at radius 1 is 0.929 bits per heavy atom. The standard InChI is InChI=1S/C21H44N6O/c1-5-22-20(24-19-21(3,4)27-15-17-28-18-16-27)23-9-7-8-10-26-13-11-25(6-2)12-14-26/h5-19H2,1-4H3,(H2,22,23,24). The number of nitrogens with one attached hydrogen (secondary N) is 2. The molecular weight excluding hydrogens is 352 g/mol. The van der Waals surface area contributed by atoms with E-state index in [1.165, 1.54) is 52.1 Å². The van der Waals surface area contributed by atoms with E-state index in [0.717, 1.165) is 51.9 Å². The van der Waals surface area contributed by atoms with Gasteiger partial charge in [0.2, 0.25) is 0 Å². The van der Waals surface area contributed by atoms with Crippen LogP contribution in [0, 0.1) is 0 Å². The number of guanidine groups is 1. The van der Waals surface area contributed by atoms with E-state index in [9.17, 15) is 0 Å². The number of unbranched alkanes of at least 4 members (excludes halogenated alkanes) is 1. The molecule has 2 aliphatic rings. The molecule has 2 rings (SSSR count). The number of morpholine rings is 1. The number of likely N-dealkylation sites (N-methyl/N-ethyl adjacent to an activating group) is 1. The van der Waals surface area contributed by atoms with Crippen LogP contribution in [0.2, 0.25) is 0 Å². The molecule has 0 aromatic heterocycles. The molecule has 2 saturated heterocycles. The zero-order valence-electron chi connectivity index (χ0n) is 18.8. The van der Waals surface area contributed by atoms with Gasteiger partial charge in [-0.1, -0.05) is 6.92 Å². The Labute approximate surface area is 172 Å². The third-order valence-electron chi connectivity index (χ3n) is 5.94. The van der Waals surface area contributed by atoms with Crippen LogP contribution < -0.4 is 10.6 Å². The molecule has 0 saturated carbocycles. The molecule has 2 N–H and O–H groups in total. The van der Waals surface area contributed by atoms with Crippen LogP contribution in [0.1, 0.15) is 40.5 Å².